The molecule has 5 nitrogen and oxygen atoms in total. The fourth-order valence-electron chi connectivity index (χ4n) is 1.49. The van der Waals surface area contributed by atoms with Gasteiger partial charge in [0.05, 0.1) is 19.3 Å². The lowest BCUT2D eigenvalue weighted by Crippen LogP contribution is -2.22. The molecule has 1 aromatic heterocycles. The molecule has 0 fully saturated rings. The Morgan fingerprint density at radius 1 is 1.42 bits per heavy atom. The first-order chi connectivity index (χ1) is 9.29. The zero-order valence-corrected chi connectivity index (χ0v) is 10.2. The molecular formula is C14H13N3O2. The number of benzene rings is 1. The van der Waals surface area contributed by atoms with E-state index < -0.39 is 0 Å². The van der Waals surface area contributed by atoms with E-state index in [1.165, 1.54) is 6.20 Å². The van der Waals surface area contributed by atoms with Crippen LogP contribution < -0.4 is 11.1 Å². The summed E-state index contributed by atoms with van der Waals surface area (Å²) < 4.78 is 4.90. The number of nitrogens with two attached hydrogens (primary N) is 1. The highest BCUT2D eigenvalue weighted by Crippen LogP contribution is 2.05. The van der Waals surface area contributed by atoms with Gasteiger partial charge in [-0.1, -0.05) is 23.1 Å². The Balaban J connectivity index is 2.02. The molecule has 2 rings (SSSR count). The lowest BCUT2D eigenvalue weighted by atomic mass is 10.1. The second-order valence-electron chi connectivity index (χ2n) is 3.75. The molecule has 0 spiro atoms. The molecule has 0 bridgehead atoms. The van der Waals surface area contributed by atoms with Gasteiger partial charge < -0.3 is 15.6 Å². The summed E-state index contributed by atoms with van der Waals surface area (Å²) in [4.78, 5) is 11.9. The van der Waals surface area contributed by atoms with Crippen LogP contribution in [0.2, 0.25) is 0 Å². The number of nitrogens with zero attached hydrogens (tertiary/aromatic N) is 1. The molecule has 96 valence electrons. The molecule has 2 aromatic rings. The molecule has 1 aromatic carbocycles. The van der Waals surface area contributed by atoms with E-state index in [2.05, 4.69) is 22.3 Å². The lowest BCUT2D eigenvalue weighted by Gasteiger charge is -2.03. The van der Waals surface area contributed by atoms with Gasteiger partial charge in [0.25, 0.3) is 5.91 Å². The number of hydrogen-bond acceptors (Lipinski definition) is 4. The number of rotatable bonds is 3. The average Bonchev–Trinajstić information content (AvgIpc) is 2.96. The van der Waals surface area contributed by atoms with E-state index in [4.69, 9.17) is 10.3 Å². The van der Waals surface area contributed by atoms with Crippen molar-refractivity contribution >= 4 is 5.91 Å². The monoisotopic (exact) mass is 255 g/mol. The molecule has 1 heterocycles. The zero-order chi connectivity index (χ0) is 13.5. The van der Waals surface area contributed by atoms with Gasteiger partial charge in [0, 0.05) is 17.2 Å². The quantitative estimate of drug-likeness (QED) is 0.799. The number of amides is 1. The average molecular weight is 255 g/mol. The van der Waals surface area contributed by atoms with E-state index >= 15 is 0 Å². The first kappa shape index (κ1) is 12.9. The van der Waals surface area contributed by atoms with E-state index in [1.54, 1.807) is 24.3 Å². The van der Waals surface area contributed by atoms with Gasteiger partial charge >= 0.3 is 0 Å². The molecule has 5 heteroatoms. The van der Waals surface area contributed by atoms with Gasteiger partial charge in [-0.05, 0) is 18.2 Å². The summed E-state index contributed by atoms with van der Waals surface area (Å²) in [6.45, 7) is 0.597. The van der Waals surface area contributed by atoms with Gasteiger partial charge in [-0.2, -0.15) is 0 Å². The molecule has 0 aliphatic rings. The smallest absolute Gasteiger partial charge is 0.251 e. The maximum Gasteiger partial charge on any atom is 0.251 e. The normalized spacial score (nSPS) is 9.53. The van der Waals surface area contributed by atoms with E-state index in [9.17, 15) is 4.79 Å². The Labute approximate surface area is 110 Å². The number of nitrogens with one attached hydrogen (secondary N) is 1. The molecule has 0 unspecified atom stereocenters. The Hall–Kier alpha value is -2.58. The molecule has 0 atom stereocenters. The Morgan fingerprint density at radius 3 is 3.05 bits per heavy atom. The van der Waals surface area contributed by atoms with Gasteiger partial charge in [-0.25, -0.2) is 0 Å². The molecule has 0 aliphatic carbocycles. The van der Waals surface area contributed by atoms with Crippen molar-refractivity contribution in [3.63, 3.8) is 0 Å². The van der Waals surface area contributed by atoms with E-state index in [-0.39, 0.29) is 5.91 Å². The summed E-state index contributed by atoms with van der Waals surface area (Å²) >= 11 is 0. The van der Waals surface area contributed by atoms with Crippen molar-refractivity contribution in [2.24, 2.45) is 5.73 Å². The van der Waals surface area contributed by atoms with Crippen molar-refractivity contribution in [3.8, 4) is 11.8 Å². The maximum absolute atomic E-state index is 11.9. The third kappa shape index (κ3) is 3.69. The fourth-order valence-corrected chi connectivity index (χ4v) is 1.49. The zero-order valence-electron chi connectivity index (χ0n) is 10.2. The van der Waals surface area contributed by atoms with E-state index in [0.717, 1.165) is 5.56 Å². The molecule has 19 heavy (non-hydrogen) atoms. The minimum Gasteiger partial charge on any atom is -0.360 e. The molecule has 0 radical (unpaired) electrons. The fraction of sp³-hybridized carbons (Fsp3) is 0.143. The molecular weight excluding hydrogens is 242 g/mol. The second kappa shape index (κ2) is 6.38. The third-order valence-electron chi connectivity index (χ3n) is 2.37. The summed E-state index contributed by atoms with van der Waals surface area (Å²) in [7, 11) is 0. The van der Waals surface area contributed by atoms with Crippen LogP contribution in [0.5, 0.6) is 0 Å². The van der Waals surface area contributed by atoms with Crippen molar-refractivity contribution in [2.75, 3.05) is 6.54 Å². The lowest BCUT2D eigenvalue weighted by molar-refractivity contribution is 0.0947. The first-order valence-corrected chi connectivity index (χ1v) is 5.76. The van der Waals surface area contributed by atoms with Crippen LogP contribution in [-0.2, 0) is 6.54 Å². The highest BCUT2D eigenvalue weighted by molar-refractivity contribution is 5.94. The van der Waals surface area contributed by atoms with Gasteiger partial charge in [-0.15, -0.1) is 0 Å². The van der Waals surface area contributed by atoms with Gasteiger partial charge in [-0.3, -0.25) is 4.79 Å². The summed E-state index contributed by atoms with van der Waals surface area (Å²) in [5, 5.41) is 6.30. The van der Waals surface area contributed by atoms with Gasteiger partial charge in [0.1, 0.15) is 0 Å². The van der Waals surface area contributed by atoms with Crippen LogP contribution in [0.15, 0.2) is 41.1 Å². The Bertz CT molecular complexity index is 609. The van der Waals surface area contributed by atoms with Crippen LogP contribution in [0.1, 0.15) is 21.7 Å². The topological polar surface area (TPSA) is 81.2 Å². The van der Waals surface area contributed by atoms with Crippen molar-refractivity contribution in [3.05, 3.63) is 53.4 Å². The van der Waals surface area contributed by atoms with Crippen molar-refractivity contribution in [1.29, 1.82) is 0 Å². The highest BCUT2D eigenvalue weighted by Gasteiger charge is 2.06. The van der Waals surface area contributed by atoms with E-state index in [0.29, 0.717) is 24.4 Å². The van der Waals surface area contributed by atoms with Crippen LogP contribution in [-0.4, -0.2) is 17.6 Å². The Morgan fingerprint density at radius 2 is 2.32 bits per heavy atom. The number of carbonyl (C=O) groups is 1. The first-order valence-electron chi connectivity index (χ1n) is 5.76. The predicted octanol–water partition coefficient (Wildman–Crippen LogP) is 0.915. The Kier molecular flexibility index (Phi) is 4.32. The standard InChI is InChI=1S/C14H13N3O2/c15-7-2-4-11-3-1-5-12(9-11)14(18)16-10-13-6-8-17-19-13/h1,3,5-6,8-9H,7,10,15H2,(H,16,18). The number of hydrogen-bond donors (Lipinski definition) is 2. The summed E-state index contributed by atoms with van der Waals surface area (Å²) in [5.74, 6) is 6.05. The number of carbonyl (C=O) groups excluding carboxylic acids is 1. The molecule has 1 amide bonds. The van der Waals surface area contributed by atoms with Crippen molar-refractivity contribution in [2.45, 2.75) is 6.54 Å². The van der Waals surface area contributed by atoms with Crippen molar-refractivity contribution in [1.82, 2.24) is 10.5 Å². The number of aromatic nitrogens is 1. The highest BCUT2D eigenvalue weighted by atomic mass is 16.5. The van der Waals surface area contributed by atoms with Crippen LogP contribution in [0.25, 0.3) is 0 Å². The molecule has 0 saturated carbocycles. The summed E-state index contributed by atoms with van der Waals surface area (Å²) in [5.41, 5.74) is 6.61. The minimum absolute atomic E-state index is 0.187. The maximum atomic E-state index is 11.9. The van der Waals surface area contributed by atoms with Crippen molar-refractivity contribution < 1.29 is 9.32 Å². The van der Waals surface area contributed by atoms with Crippen LogP contribution in [0, 0.1) is 11.8 Å². The molecule has 0 saturated heterocycles. The predicted molar refractivity (Wildman–Crippen MR) is 70.0 cm³/mol. The van der Waals surface area contributed by atoms with Gasteiger partial charge in [0.15, 0.2) is 5.76 Å². The van der Waals surface area contributed by atoms with E-state index in [1.807, 2.05) is 6.07 Å². The summed E-state index contributed by atoms with van der Waals surface area (Å²) in [6, 6.07) is 8.75. The second-order valence-corrected chi connectivity index (χ2v) is 3.75. The van der Waals surface area contributed by atoms with Crippen LogP contribution in [0.3, 0.4) is 0 Å². The molecule has 0 aliphatic heterocycles. The van der Waals surface area contributed by atoms with Gasteiger partial charge in [0.2, 0.25) is 0 Å². The third-order valence-corrected chi connectivity index (χ3v) is 2.37. The SMILES string of the molecule is NCC#Cc1cccc(C(=O)NCc2ccno2)c1. The molecule has 3 N–H and O–H groups in total. The van der Waals surface area contributed by atoms with Crippen LogP contribution in [0.4, 0.5) is 0 Å². The largest absolute Gasteiger partial charge is 0.360 e. The summed E-state index contributed by atoms with van der Waals surface area (Å²) in [6.07, 6.45) is 1.53. The minimum atomic E-state index is -0.187. The van der Waals surface area contributed by atoms with Crippen LogP contribution >= 0.6 is 0 Å².